The minimum atomic E-state index is -0.649. The van der Waals surface area contributed by atoms with Crippen LogP contribution in [0.25, 0.3) is 11.1 Å². The van der Waals surface area contributed by atoms with E-state index in [1.807, 2.05) is 0 Å². The van der Waals surface area contributed by atoms with E-state index >= 15 is 0 Å². The average Bonchev–Trinajstić information content (AvgIpc) is 2.82. The molecule has 1 amide bonds. The number of anilines is 1. The molecule has 0 unspecified atom stereocenters. The summed E-state index contributed by atoms with van der Waals surface area (Å²) in [4.78, 5) is 24.2. The molecule has 3 aromatic rings. The smallest absolute Gasteiger partial charge is 0.408 e. The van der Waals surface area contributed by atoms with Gasteiger partial charge in [-0.1, -0.05) is 40.9 Å². The zero-order valence-electron chi connectivity index (χ0n) is 12.4. The largest absolute Gasteiger partial charge is 0.420 e. The van der Waals surface area contributed by atoms with Crippen LogP contribution in [0.15, 0.2) is 39.5 Å². The molecule has 0 aliphatic rings. The molecule has 0 aliphatic carbocycles. The van der Waals surface area contributed by atoms with E-state index in [-0.39, 0.29) is 6.54 Å². The minimum absolute atomic E-state index is 0.242. The lowest BCUT2D eigenvalue weighted by atomic mass is 10.2. The second-order valence-corrected chi connectivity index (χ2v) is 6.39. The van der Waals surface area contributed by atoms with Crippen LogP contribution in [0.1, 0.15) is 5.56 Å². The lowest BCUT2D eigenvalue weighted by Gasteiger charge is -2.11. The number of halogens is 3. The van der Waals surface area contributed by atoms with Gasteiger partial charge in [-0.15, -0.1) is 0 Å². The predicted octanol–water partition coefficient (Wildman–Crippen LogP) is 4.50. The number of benzene rings is 2. The SMILES string of the molecule is Cc1ccc(Cl)c(NC(=O)Cn2c(=O)oc3cc(Cl)ccc32)c1Cl. The van der Waals surface area contributed by atoms with E-state index in [1.54, 1.807) is 31.2 Å². The second kappa shape index (κ2) is 6.51. The van der Waals surface area contributed by atoms with Crippen molar-refractivity contribution in [3.8, 4) is 0 Å². The molecule has 0 spiro atoms. The van der Waals surface area contributed by atoms with Crippen LogP contribution in [0, 0.1) is 6.92 Å². The van der Waals surface area contributed by atoms with Crippen LogP contribution < -0.4 is 11.1 Å². The molecule has 2 aromatic carbocycles. The zero-order chi connectivity index (χ0) is 17.4. The van der Waals surface area contributed by atoms with Gasteiger partial charge in [0.15, 0.2) is 5.58 Å². The Morgan fingerprint density at radius 3 is 2.71 bits per heavy atom. The number of hydrogen-bond donors (Lipinski definition) is 1. The Hall–Kier alpha value is -1.95. The normalized spacial score (nSPS) is 11.0. The Morgan fingerprint density at radius 2 is 1.96 bits per heavy atom. The van der Waals surface area contributed by atoms with Crippen molar-refractivity contribution in [1.82, 2.24) is 4.57 Å². The number of aryl methyl sites for hydroxylation is 1. The molecule has 3 rings (SSSR count). The molecule has 24 heavy (non-hydrogen) atoms. The Labute approximate surface area is 151 Å². The van der Waals surface area contributed by atoms with Crippen molar-refractivity contribution in [2.75, 3.05) is 5.32 Å². The summed E-state index contributed by atoms with van der Waals surface area (Å²) in [5.41, 5.74) is 1.87. The van der Waals surface area contributed by atoms with Crippen molar-refractivity contribution in [3.05, 3.63) is 61.5 Å². The molecular formula is C16H11Cl3N2O3. The van der Waals surface area contributed by atoms with Gasteiger partial charge in [-0.05, 0) is 30.7 Å². The summed E-state index contributed by atoms with van der Waals surface area (Å²) in [7, 11) is 0. The molecular weight excluding hydrogens is 375 g/mol. The molecule has 124 valence electrons. The lowest BCUT2D eigenvalue weighted by molar-refractivity contribution is -0.116. The highest BCUT2D eigenvalue weighted by Gasteiger charge is 2.16. The van der Waals surface area contributed by atoms with Gasteiger partial charge in [0, 0.05) is 11.1 Å². The highest BCUT2D eigenvalue weighted by atomic mass is 35.5. The fraction of sp³-hybridized carbons (Fsp3) is 0.125. The number of hydrogen-bond acceptors (Lipinski definition) is 3. The van der Waals surface area contributed by atoms with E-state index in [0.717, 1.165) is 5.56 Å². The van der Waals surface area contributed by atoms with Crippen LogP contribution in [-0.4, -0.2) is 10.5 Å². The fourth-order valence-electron chi connectivity index (χ4n) is 2.28. The molecule has 1 aromatic heterocycles. The summed E-state index contributed by atoms with van der Waals surface area (Å²) in [6.07, 6.45) is 0. The predicted molar refractivity (Wildman–Crippen MR) is 95.3 cm³/mol. The van der Waals surface area contributed by atoms with E-state index in [0.29, 0.717) is 31.9 Å². The highest BCUT2D eigenvalue weighted by molar-refractivity contribution is 6.40. The van der Waals surface area contributed by atoms with Gasteiger partial charge >= 0.3 is 5.76 Å². The number of nitrogens with one attached hydrogen (secondary N) is 1. The molecule has 0 fully saturated rings. The van der Waals surface area contributed by atoms with Crippen molar-refractivity contribution < 1.29 is 9.21 Å². The van der Waals surface area contributed by atoms with E-state index in [9.17, 15) is 9.59 Å². The maximum absolute atomic E-state index is 12.3. The zero-order valence-corrected chi connectivity index (χ0v) is 14.7. The van der Waals surface area contributed by atoms with Gasteiger partial charge in [0.25, 0.3) is 0 Å². The molecule has 1 N–H and O–H groups in total. The summed E-state index contributed by atoms with van der Waals surface area (Å²) in [6.45, 7) is 1.56. The number of carbonyl (C=O) groups excluding carboxylic acids is 1. The van der Waals surface area contributed by atoms with Gasteiger partial charge in [-0.3, -0.25) is 9.36 Å². The minimum Gasteiger partial charge on any atom is -0.408 e. The summed E-state index contributed by atoms with van der Waals surface area (Å²) in [6, 6.07) is 8.13. The van der Waals surface area contributed by atoms with Gasteiger partial charge in [0.1, 0.15) is 6.54 Å². The van der Waals surface area contributed by atoms with Gasteiger partial charge in [-0.2, -0.15) is 0 Å². The molecule has 0 radical (unpaired) electrons. The van der Waals surface area contributed by atoms with Crippen LogP contribution in [0.2, 0.25) is 15.1 Å². The number of oxazole rings is 1. The molecule has 8 heteroatoms. The van der Waals surface area contributed by atoms with E-state index < -0.39 is 11.7 Å². The molecule has 5 nitrogen and oxygen atoms in total. The van der Waals surface area contributed by atoms with Crippen LogP contribution in [0.3, 0.4) is 0 Å². The third kappa shape index (κ3) is 3.15. The number of amides is 1. The molecule has 0 bridgehead atoms. The molecule has 0 atom stereocenters. The summed E-state index contributed by atoms with van der Waals surface area (Å²) in [5.74, 6) is -1.10. The quantitative estimate of drug-likeness (QED) is 0.722. The Morgan fingerprint density at radius 1 is 1.21 bits per heavy atom. The lowest BCUT2D eigenvalue weighted by Crippen LogP contribution is -2.25. The van der Waals surface area contributed by atoms with Gasteiger partial charge in [0.05, 0.1) is 21.2 Å². The first-order valence-corrected chi connectivity index (χ1v) is 8.03. The number of aromatic nitrogens is 1. The molecule has 0 saturated heterocycles. The number of rotatable bonds is 3. The van der Waals surface area contributed by atoms with E-state index in [4.69, 9.17) is 39.2 Å². The third-order valence-electron chi connectivity index (χ3n) is 3.48. The number of nitrogens with zero attached hydrogens (tertiary/aromatic N) is 1. The van der Waals surface area contributed by atoms with Crippen LogP contribution >= 0.6 is 34.8 Å². The summed E-state index contributed by atoms with van der Waals surface area (Å²) < 4.78 is 6.30. The first kappa shape index (κ1) is 16.9. The Kier molecular flexibility index (Phi) is 4.58. The molecule has 1 heterocycles. The average molecular weight is 386 g/mol. The van der Waals surface area contributed by atoms with Gasteiger partial charge < -0.3 is 9.73 Å². The van der Waals surface area contributed by atoms with Crippen molar-refractivity contribution >= 4 is 57.5 Å². The third-order valence-corrected chi connectivity index (χ3v) is 4.52. The maximum Gasteiger partial charge on any atom is 0.420 e. The summed E-state index contributed by atoms with van der Waals surface area (Å²) in [5, 5.41) is 3.74. The number of carbonyl (C=O) groups is 1. The highest BCUT2D eigenvalue weighted by Crippen LogP contribution is 2.32. The molecule has 0 aliphatic heterocycles. The van der Waals surface area contributed by atoms with Crippen molar-refractivity contribution in [2.45, 2.75) is 13.5 Å². The van der Waals surface area contributed by atoms with E-state index in [1.165, 1.54) is 10.6 Å². The monoisotopic (exact) mass is 384 g/mol. The fourth-order valence-corrected chi connectivity index (χ4v) is 2.91. The van der Waals surface area contributed by atoms with Crippen molar-refractivity contribution in [1.29, 1.82) is 0 Å². The maximum atomic E-state index is 12.3. The Bertz CT molecular complexity index is 1010. The molecule has 0 saturated carbocycles. The van der Waals surface area contributed by atoms with Gasteiger partial charge in [-0.25, -0.2) is 4.79 Å². The number of fused-ring (bicyclic) bond motifs is 1. The second-order valence-electron chi connectivity index (χ2n) is 5.17. The van der Waals surface area contributed by atoms with Crippen LogP contribution in [0.5, 0.6) is 0 Å². The standard InChI is InChI=1S/C16H11Cl3N2O3/c1-8-2-4-10(18)15(14(8)19)20-13(22)7-21-11-5-3-9(17)6-12(11)24-16(21)23/h2-6H,7H2,1H3,(H,20,22). The van der Waals surface area contributed by atoms with Crippen molar-refractivity contribution in [3.63, 3.8) is 0 Å². The van der Waals surface area contributed by atoms with Crippen molar-refractivity contribution in [2.24, 2.45) is 0 Å². The topological polar surface area (TPSA) is 64.2 Å². The van der Waals surface area contributed by atoms with E-state index in [2.05, 4.69) is 5.32 Å². The summed E-state index contributed by atoms with van der Waals surface area (Å²) >= 11 is 18.1. The van der Waals surface area contributed by atoms with Gasteiger partial charge in [0.2, 0.25) is 5.91 Å². The Balaban J connectivity index is 1.90. The van der Waals surface area contributed by atoms with Crippen LogP contribution in [0.4, 0.5) is 5.69 Å². The van der Waals surface area contributed by atoms with Crippen LogP contribution in [-0.2, 0) is 11.3 Å². The first-order valence-electron chi connectivity index (χ1n) is 6.90. The first-order chi connectivity index (χ1) is 11.4.